The van der Waals surface area contributed by atoms with E-state index in [1.807, 2.05) is 11.8 Å². The van der Waals surface area contributed by atoms with Crippen molar-refractivity contribution in [2.45, 2.75) is 42.3 Å². The van der Waals surface area contributed by atoms with Crippen LogP contribution in [0.4, 0.5) is 26.3 Å². The maximum Gasteiger partial charge on any atom is 0.430 e. The van der Waals surface area contributed by atoms with Crippen LogP contribution >= 0.6 is 15.9 Å². The molecular weight excluding hydrogens is 442 g/mol. The molecule has 0 spiro atoms. The number of pyridine rings is 1. The summed E-state index contributed by atoms with van der Waals surface area (Å²) in [6.07, 6.45) is -6.15. The molecule has 0 aromatic carbocycles. The van der Waals surface area contributed by atoms with Crippen molar-refractivity contribution in [2.75, 3.05) is 6.54 Å². The molecule has 1 atom stereocenters. The van der Waals surface area contributed by atoms with Gasteiger partial charge in [-0.05, 0) is 36.2 Å². The zero-order chi connectivity index (χ0) is 20.5. The van der Waals surface area contributed by atoms with Crippen molar-refractivity contribution in [3.8, 4) is 0 Å². The zero-order valence-corrected chi connectivity index (χ0v) is 15.7. The summed E-state index contributed by atoms with van der Waals surface area (Å²) < 4.78 is 77.1. The standard InChI is InChI=1S/C17H17BrF6N2O/c1-2-26(11-12-5-9-25-10-6-12)14(18)7-3-13(4-8-14)15(27,16(19,20)21)17(22,23)24/h3-7,9-10,27H,2,8,11H2,1H3. The molecule has 150 valence electrons. The Labute approximate surface area is 160 Å². The van der Waals surface area contributed by atoms with E-state index in [0.717, 1.165) is 11.6 Å². The molecule has 0 radical (unpaired) electrons. The van der Waals surface area contributed by atoms with Gasteiger partial charge in [0.25, 0.3) is 5.60 Å². The number of aliphatic hydroxyl groups is 1. The van der Waals surface area contributed by atoms with Gasteiger partial charge in [-0.3, -0.25) is 9.88 Å². The lowest BCUT2D eigenvalue weighted by molar-refractivity contribution is -0.351. The Balaban J connectivity index is 2.29. The van der Waals surface area contributed by atoms with Gasteiger partial charge in [-0.2, -0.15) is 26.3 Å². The molecule has 0 saturated carbocycles. The Bertz CT molecular complexity index is 702. The number of nitrogens with zero attached hydrogens (tertiary/aromatic N) is 2. The van der Waals surface area contributed by atoms with E-state index in [9.17, 15) is 31.4 Å². The van der Waals surface area contributed by atoms with Gasteiger partial charge in [0.1, 0.15) is 0 Å². The number of aromatic nitrogens is 1. The monoisotopic (exact) mass is 458 g/mol. The van der Waals surface area contributed by atoms with E-state index < -0.39 is 28.0 Å². The first kappa shape index (κ1) is 21.9. The van der Waals surface area contributed by atoms with Crippen LogP contribution in [-0.4, -0.2) is 43.9 Å². The molecule has 2 rings (SSSR count). The number of likely N-dealkylation sites (N-methyl/N-ethyl adjacent to an activating group) is 1. The average molecular weight is 459 g/mol. The molecule has 10 heteroatoms. The molecule has 1 unspecified atom stereocenters. The van der Waals surface area contributed by atoms with Gasteiger partial charge in [0.2, 0.25) is 0 Å². The number of rotatable bonds is 5. The number of hydrogen-bond donors (Lipinski definition) is 1. The fraction of sp³-hybridized carbons (Fsp3) is 0.471. The molecule has 0 fully saturated rings. The van der Waals surface area contributed by atoms with E-state index >= 15 is 0 Å². The summed E-state index contributed by atoms with van der Waals surface area (Å²) >= 11 is 3.41. The van der Waals surface area contributed by atoms with Gasteiger partial charge >= 0.3 is 12.4 Å². The number of hydrogen-bond acceptors (Lipinski definition) is 3. The van der Waals surface area contributed by atoms with Crippen LogP contribution in [0.1, 0.15) is 18.9 Å². The second kappa shape index (κ2) is 7.56. The van der Waals surface area contributed by atoms with Crippen molar-refractivity contribution in [3.05, 3.63) is 53.9 Å². The van der Waals surface area contributed by atoms with Crippen LogP contribution in [0.25, 0.3) is 0 Å². The van der Waals surface area contributed by atoms with Gasteiger partial charge in [-0.25, -0.2) is 0 Å². The van der Waals surface area contributed by atoms with E-state index in [-0.39, 0.29) is 6.42 Å². The predicted octanol–water partition coefficient (Wildman–Crippen LogP) is 4.74. The van der Waals surface area contributed by atoms with Crippen molar-refractivity contribution in [2.24, 2.45) is 0 Å². The smallest absolute Gasteiger partial charge is 0.370 e. The summed E-state index contributed by atoms with van der Waals surface area (Å²) in [5.41, 5.74) is -5.26. The molecule has 1 aromatic rings. The Hall–Kier alpha value is -1.39. The van der Waals surface area contributed by atoms with E-state index in [2.05, 4.69) is 20.9 Å². The highest BCUT2D eigenvalue weighted by atomic mass is 79.9. The van der Waals surface area contributed by atoms with Gasteiger partial charge in [0.05, 0.1) is 4.45 Å². The van der Waals surface area contributed by atoms with Gasteiger partial charge in [0, 0.05) is 18.9 Å². The van der Waals surface area contributed by atoms with Gasteiger partial charge < -0.3 is 5.11 Å². The van der Waals surface area contributed by atoms with E-state index in [0.29, 0.717) is 19.2 Å². The highest BCUT2D eigenvalue weighted by Crippen LogP contribution is 2.50. The largest absolute Gasteiger partial charge is 0.430 e. The highest BCUT2D eigenvalue weighted by Gasteiger charge is 2.72. The van der Waals surface area contributed by atoms with Gasteiger partial charge in [-0.15, -0.1) is 0 Å². The van der Waals surface area contributed by atoms with Crippen LogP contribution < -0.4 is 0 Å². The molecular formula is C17H17BrF6N2O. The summed E-state index contributed by atoms with van der Waals surface area (Å²) in [5, 5.41) is 9.50. The van der Waals surface area contributed by atoms with Crippen LogP contribution in [0.5, 0.6) is 0 Å². The van der Waals surface area contributed by atoms with Crippen molar-refractivity contribution < 1.29 is 31.4 Å². The summed E-state index contributed by atoms with van der Waals surface area (Å²) in [6.45, 7) is 2.70. The molecule has 1 N–H and O–H groups in total. The molecule has 0 bridgehead atoms. The third-order valence-electron chi connectivity index (χ3n) is 4.40. The topological polar surface area (TPSA) is 36.4 Å². The Morgan fingerprint density at radius 1 is 1.15 bits per heavy atom. The van der Waals surface area contributed by atoms with Gasteiger partial charge in [0.15, 0.2) is 0 Å². The summed E-state index contributed by atoms with van der Waals surface area (Å²) in [4.78, 5) is 5.74. The minimum Gasteiger partial charge on any atom is -0.370 e. The van der Waals surface area contributed by atoms with Crippen LogP contribution in [0.15, 0.2) is 48.3 Å². The van der Waals surface area contributed by atoms with E-state index in [1.165, 1.54) is 6.08 Å². The predicted molar refractivity (Wildman–Crippen MR) is 90.9 cm³/mol. The van der Waals surface area contributed by atoms with Crippen molar-refractivity contribution in [3.63, 3.8) is 0 Å². The fourth-order valence-corrected chi connectivity index (χ4v) is 3.48. The Morgan fingerprint density at radius 2 is 1.70 bits per heavy atom. The molecule has 0 saturated heterocycles. The fourth-order valence-electron chi connectivity index (χ4n) is 2.81. The minimum absolute atomic E-state index is 0.188. The molecule has 3 nitrogen and oxygen atoms in total. The maximum absolute atomic E-state index is 13.0. The maximum atomic E-state index is 13.0. The first-order valence-corrected chi connectivity index (χ1v) is 8.73. The van der Waals surface area contributed by atoms with Crippen molar-refractivity contribution in [1.82, 2.24) is 9.88 Å². The lowest BCUT2D eigenvalue weighted by Crippen LogP contribution is -2.58. The van der Waals surface area contributed by atoms with Crippen LogP contribution in [0, 0.1) is 0 Å². The molecule has 1 aliphatic carbocycles. The van der Waals surface area contributed by atoms with E-state index in [1.54, 1.807) is 24.5 Å². The summed E-state index contributed by atoms with van der Waals surface area (Å²) in [7, 11) is 0. The molecule has 1 aliphatic rings. The highest BCUT2D eigenvalue weighted by molar-refractivity contribution is 9.10. The Morgan fingerprint density at radius 3 is 2.11 bits per heavy atom. The summed E-state index contributed by atoms with van der Waals surface area (Å²) in [6, 6.07) is 3.53. The first-order chi connectivity index (χ1) is 12.3. The van der Waals surface area contributed by atoms with Crippen molar-refractivity contribution in [1.29, 1.82) is 0 Å². The molecule has 1 aromatic heterocycles. The second-order valence-electron chi connectivity index (χ2n) is 6.09. The molecule has 27 heavy (non-hydrogen) atoms. The van der Waals surface area contributed by atoms with Crippen LogP contribution in [0.3, 0.4) is 0 Å². The molecule has 1 heterocycles. The third-order valence-corrected chi connectivity index (χ3v) is 5.48. The third kappa shape index (κ3) is 4.22. The number of alkyl halides is 7. The van der Waals surface area contributed by atoms with E-state index in [4.69, 9.17) is 0 Å². The second-order valence-corrected chi connectivity index (χ2v) is 7.46. The lowest BCUT2D eigenvalue weighted by Gasteiger charge is -2.40. The van der Waals surface area contributed by atoms with Crippen molar-refractivity contribution >= 4 is 15.9 Å². The average Bonchev–Trinajstić information content (AvgIpc) is 2.58. The zero-order valence-electron chi connectivity index (χ0n) is 14.2. The van der Waals surface area contributed by atoms with Crippen LogP contribution in [0.2, 0.25) is 0 Å². The van der Waals surface area contributed by atoms with Gasteiger partial charge in [-0.1, -0.05) is 41.1 Å². The van der Waals surface area contributed by atoms with Crippen LogP contribution in [-0.2, 0) is 6.54 Å². The molecule has 0 amide bonds. The Kier molecular flexibility index (Phi) is 6.13. The quantitative estimate of drug-likeness (QED) is 0.393. The molecule has 0 aliphatic heterocycles. The summed E-state index contributed by atoms with van der Waals surface area (Å²) in [5.74, 6) is 0. The minimum atomic E-state index is -5.89. The normalized spacial score (nSPS) is 21.5. The first-order valence-electron chi connectivity index (χ1n) is 7.93. The SMILES string of the molecule is CCN(Cc1ccncc1)C1(Br)C=CC(C(O)(C(F)(F)F)C(F)(F)F)=CC1. The number of halogens is 7. The lowest BCUT2D eigenvalue weighted by atomic mass is 9.86.